The Hall–Kier alpha value is -3.51. The van der Waals surface area contributed by atoms with Crippen molar-refractivity contribution in [1.82, 2.24) is 14.7 Å². The lowest BCUT2D eigenvalue weighted by Gasteiger charge is -2.40. The number of carbonyl (C=O) groups is 2. The Morgan fingerprint density at radius 1 is 0.698 bits per heavy atom. The summed E-state index contributed by atoms with van der Waals surface area (Å²) in [5, 5.41) is 59.9. The topological polar surface area (TPSA) is 220 Å². The number of nitro groups is 2. The summed E-state index contributed by atoms with van der Waals surface area (Å²) in [7, 11) is 0. The van der Waals surface area contributed by atoms with Crippen molar-refractivity contribution < 1.29 is 44.6 Å². The quantitative estimate of drug-likeness (QED) is 0.0956. The number of likely N-dealkylation sites (tertiary alicyclic amines) is 2. The molecule has 2 unspecified atom stereocenters. The Kier molecular flexibility index (Phi) is 19.7. The number of nitro benzene ring substituents is 2. The number of halogens is 3. The van der Waals surface area contributed by atoms with E-state index in [2.05, 4.69) is 14.7 Å². The third-order valence-corrected chi connectivity index (χ3v) is 9.45. The number of phenolic OH excluding ortho intramolecular Hbond substituents is 4. The van der Waals surface area contributed by atoms with Crippen LogP contribution >= 0.6 is 37.2 Å². The first-order valence-corrected chi connectivity index (χ1v) is 17.0. The third-order valence-electron chi connectivity index (χ3n) is 9.45. The van der Waals surface area contributed by atoms with E-state index in [1.54, 1.807) is 0 Å². The van der Waals surface area contributed by atoms with Crippen LogP contribution in [0.2, 0.25) is 0 Å². The summed E-state index contributed by atoms with van der Waals surface area (Å²) in [5.74, 6) is -3.55. The molecule has 3 heterocycles. The molecule has 3 aliphatic heterocycles. The average Bonchev–Trinajstić information content (AvgIpc) is 3.08. The van der Waals surface area contributed by atoms with Crippen LogP contribution in [0, 0.1) is 20.2 Å². The van der Waals surface area contributed by atoms with E-state index in [0.29, 0.717) is 19.1 Å². The van der Waals surface area contributed by atoms with Crippen LogP contribution in [0.1, 0.15) is 79.5 Å². The van der Waals surface area contributed by atoms with Gasteiger partial charge >= 0.3 is 11.4 Å². The first-order chi connectivity index (χ1) is 23.7. The van der Waals surface area contributed by atoms with Gasteiger partial charge in [-0.1, -0.05) is 6.42 Å². The molecule has 4 N–H and O–H groups in total. The summed E-state index contributed by atoms with van der Waals surface area (Å²) >= 11 is 0. The molecule has 0 bridgehead atoms. The zero-order chi connectivity index (χ0) is 36.5. The smallest absolute Gasteiger partial charge is 0.315 e. The van der Waals surface area contributed by atoms with Gasteiger partial charge in [0.2, 0.25) is 11.5 Å². The predicted octanol–water partition coefficient (Wildman–Crippen LogP) is 5.48. The van der Waals surface area contributed by atoms with Crippen LogP contribution in [-0.4, -0.2) is 127 Å². The fourth-order valence-electron chi connectivity index (χ4n) is 6.88. The van der Waals surface area contributed by atoms with E-state index in [9.17, 15) is 50.2 Å². The number of nitrogens with zero attached hydrogens (tertiary/aromatic N) is 5. The van der Waals surface area contributed by atoms with Crippen LogP contribution in [0.25, 0.3) is 0 Å². The van der Waals surface area contributed by atoms with Crippen molar-refractivity contribution in [3.63, 3.8) is 0 Å². The Labute approximate surface area is 326 Å². The molecule has 2 aromatic carbocycles. The van der Waals surface area contributed by atoms with Gasteiger partial charge < -0.3 is 35.0 Å². The van der Waals surface area contributed by atoms with Crippen LogP contribution in [-0.2, 0) is 4.74 Å². The summed E-state index contributed by atoms with van der Waals surface area (Å²) in [5.41, 5.74) is -1.26. The molecule has 298 valence electrons. The molecule has 53 heavy (non-hydrogen) atoms. The first-order valence-electron chi connectivity index (χ1n) is 17.0. The number of piperidine rings is 2. The highest BCUT2D eigenvalue weighted by Crippen LogP contribution is 2.37. The molecule has 16 nitrogen and oxygen atoms in total. The molecule has 0 saturated carbocycles. The molecule has 3 fully saturated rings. The Morgan fingerprint density at radius 3 is 1.53 bits per heavy atom. The lowest BCUT2D eigenvalue weighted by molar-refractivity contribution is -0.386. The van der Waals surface area contributed by atoms with Crippen LogP contribution in [0.4, 0.5) is 11.4 Å². The highest BCUT2D eigenvalue weighted by molar-refractivity contribution is 5.98. The second-order valence-corrected chi connectivity index (χ2v) is 13.3. The zero-order valence-corrected chi connectivity index (χ0v) is 32.2. The molecule has 5 rings (SSSR count). The second kappa shape index (κ2) is 22.0. The van der Waals surface area contributed by atoms with E-state index in [0.717, 1.165) is 63.3 Å². The number of Topliss-reactive ketones (excluding diaryl/α,β-unsaturated/α-hetero) is 2. The summed E-state index contributed by atoms with van der Waals surface area (Å²) in [6, 6.07) is 4.80. The lowest BCUT2D eigenvalue weighted by atomic mass is 9.99. The number of ketones is 2. The Bertz CT molecular complexity index is 1550. The maximum Gasteiger partial charge on any atom is 0.315 e. The molecule has 0 aliphatic carbocycles. The van der Waals surface area contributed by atoms with Gasteiger partial charge in [0.25, 0.3) is 0 Å². The number of rotatable bonds is 11. The van der Waals surface area contributed by atoms with Crippen LogP contribution in [0.5, 0.6) is 23.0 Å². The third kappa shape index (κ3) is 13.4. The summed E-state index contributed by atoms with van der Waals surface area (Å²) < 4.78 is 5.62. The monoisotopic (exact) mass is 809 g/mol. The largest absolute Gasteiger partial charge is 0.504 e. The van der Waals surface area contributed by atoms with Crippen molar-refractivity contribution in [3.8, 4) is 23.0 Å². The van der Waals surface area contributed by atoms with Crippen molar-refractivity contribution >= 4 is 60.2 Å². The van der Waals surface area contributed by atoms with Crippen molar-refractivity contribution in [2.24, 2.45) is 0 Å². The fraction of sp³-hybridized carbons (Fsp3) is 0.588. The minimum Gasteiger partial charge on any atom is -0.504 e. The molecule has 3 aliphatic rings. The highest BCUT2D eigenvalue weighted by Gasteiger charge is 2.27. The first kappa shape index (κ1) is 47.5. The summed E-state index contributed by atoms with van der Waals surface area (Å²) in [6.07, 6.45) is 6.72. The predicted molar refractivity (Wildman–Crippen MR) is 204 cm³/mol. The number of ether oxygens (including phenoxy) is 1. The Morgan fingerprint density at radius 2 is 1.11 bits per heavy atom. The fourth-order valence-corrected chi connectivity index (χ4v) is 6.88. The van der Waals surface area contributed by atoms with E-state index in [-0.39, 0.29) is 85.0 Å². The highest BCUT2D eigenvalue weighted by atomic mass is 35.5. The normalized spacial score (nSPS) is 19.7. The van der Waals surface area contributed by atoms with Gasteiger partial charge in [-0.15, -0.1) is 37.2 Å². The molecule has 0 amide bonds. The molecule has 2 aromatic rings. The van der Waals surface area contributed by atoms with Crippen molar-refractivity contribution in [1.29, 1.82) is 0 Å². The number of morpholine rings is 1. The van der Waals surface area contributed by atoms with Gasteiger partial charge in [0.05, 0.1) is 22.1 Å². The van der Waals surface area contributed by atoms with E-state index >= 15 is 0 Å². The van der Waals surface area contributed by atoms with Gasteiger partial charge in [0.1, 0.15) is 0 Å². The number of benzene rings is 2. The van der Waals surface area contributed by atoms with Crippen molar-refractivity contribution in [2.45, 2.75) is 77.0 Å². The summed E-state index contributed by atoms with van der Waals surface area (Å²) in [6.45, 7) is 10.8. The number of hydrogen-bond acceptors (Lipinski definition) is 14. The number of hydrogen-bond donors (Lipinski definition) is 4. The van der Waals surface area contributed by atoms with Crippen molar-refractivity contribution in [3.05, 3.63) is 55.6 Å². The van der Waals surface area contributed by atoms with E-state index < -0.39 is 44.2 Å². The molecule has 2 atom stereocenters. The maximum absolute atomic E-state index is 12.4. The molecular weight excluding hydrogens is 761 g/mol. The number of carbonyl (C=O) groups excluding carboxylic acids is 2. The minimum atomic E-state index is -0.836. The lowest BCUT2D eigenvalue weighted by Crippen LogP contribution is -2.47. The Balaban J connectivity index is 0.000000508. The molecule has 0 aromatic heterocycles. The van der Waals surface area contributed by atoms with Gasteiger partial charge in [0, 0.05) is 68.3 Å². The van der Waals surface area contributed by atoms with Gasteiger partial charge in [-0.25, -0.2) is 0 Å². The van der Waals surface area contributed by atoms with Crippen LogP contribution in [0.3, 0.4) is 0 Å². The molecule has 19 heteroatoms. The SMILES string of the molecule is CC1CN(CCC(=O)c2cc(O)c(O)c([N+](=O)[O-])c2)CC(C)O1.Cl.Cl.Cl.O=C(CCN1CCC(N2CCCCC2)CC1)c1cc(O)c(O)c([N+](=O)[O-])c1. The van der Waals surface area contributed by atoms with E-state index in [1.807, 2.05) is 13.8 Å². The maximum atomic E-state index is 12.4. The summed E-state index contributed by atoms with van der Waals surface area (Å²) in [4.78, 5) is 51.7. The standard InChI is InChI=1S/C19H27N3O5.C15H20N2O6.3ClH/c23-17(14-12-16(22(26)27)19(25)18(24)13-14)6-11-20-9-4-15(5-10-20)21-7-2-1-3-8-21;1-9-7-16(8-10(2)23-9)4-3-13(18)11-5-12(17(21)22)15(20)14(19)6-11;;;/h12-13,15,24-25H,1-11H2;5-6,9-10,19-20H,3-4,7-8H2,1-2H3;3*1H. The van der Waals surface area contributed by atoms with Gasteiger partial charge in [0.15, 0.2) is 23.1 Å². The second-order valence-electron chi connectivity index (χ2n) is 13.3. The van der Waals surface area contributed by atoms with Gasteiger partial charge in [-0.3, -0.25) is 34.7 Å². The number of aromatic hydroxyl groups is 4. The zero-order valence-electron chi connectivity index (χ0n) is 29.8. The van der Waals surface area contributed by atoms with Crippen LogP contribution < -0.4 is 0 Å². The number of phenols is 4. The average molecular weight is 811 g/mol. The van der Waals surface area contributed by atoms with E-state index in [1.165, 1.54) is 32.4 Å². The molecular formula is C34H50Cl3N5O11. The van der Waals surface area contributed by atoms with E-state index in [4.69, 9.17) is 4.74 Å². The van der Waals surface area contributed by atoms with Crippen LogP contribution in [0.15, 0.2) is 24.3 Å². The molecule has 0 spiro atoms. The van der Waals surface area contributed by atoms with Gasteiger partial charge in [-0.2, -0.15) is 0 Å². The van der Waals surface area contributed by atoms with Gasteiger partial charge in [-0.05, 0) is 77.8 Å². The molecule has 3 saturated heterocycles. The molecule has 0 radical (unpaired) electrons. The van der Waals surface area contributed by atoms with Crippen molar-refractivity contribution in [2.75, 3.05) is 52.4 Å². The minimum absolute atomic E-state index is 0.